The molecule has 0 spiro atoms. The van der Waals surface area contributed by atoms with Crippen molar-refractivity contribution < 1.29 is 12.8 Å². The Labute approximate surface area is 234 Å². The Bertz CT molecular complexity index is 2020. The lowest BCUT2D eigenvalue weighted by molar-refractivity contribution is 0.586. The standard InChI is InChI=1S/C28H26FN9O2S/c1-15(2)34-21-9-18(12-30-14-21)19-10-23-25(37-38-26(23)32-13-19)28-35-24-22(4-5-31-27(24)36-28)17-6-16(7-20(29)8-17)11-33-41(3,39)40/h4-10,12-15,33-34H,11H2,1-3H3,(H,31,35,36)(H,32,37,38). The van der Waals surface area contributed by atoms with Crippen molar-refractivity contribution in [2.24, 2.45) is 0 Å². The van der Waals surface area contributed by atoms with Crippen LogP contribution < -0.4 is 10.0 Å². The van der Waals surface area contributed by atoms with Gasteiger partial charge in [-0.25, -0.2) is 32.5 Å². The van der Waals surface area contributed by atoms with Gasteiger partial charge in [-0.15, -0.1) is 0 Å². The third kappa shape index (κ3) is 5.62. The lowest BCUT2D eigenvalue weighted by atomic mass is 10.0. The predicted octanol–water partition coefficient (Wildman–Crippen LogP) is 4.63. The number of halogens is 1. The van der Waals surface area contributed by atoms with E-state index in [9.17, 15) is 12.8 Å². The lowest BCUT2D eigenvalue weighted by Gasteiger charge is -2.10. The van der Waals surface area contributed by atoms with Crippen molar-refractivity contribution in [3.63, 3.8) is 0 Å². The van der Waals surface area contributed by atoms with E-state index >= 15 is 0 Å². The van der Waals surface area contributed by atoms with Gasteiger partial charge in [0.25, 0.3) is 0 Å². The molecule has 0 aliphatic rings. The molecule has 0 radical (unpaired) electrons. The summed E-state index contributed by atoms with van der Waals surface area (Å²) >= 11 is 0. The summed E-state index contributed by atoms with van der Waals surface area (Å²) in [6, 6.07) is 10.4. The molecular weight excluding hydrogens is 545 g/mol. The maximum absolute atomic E-state index is 14.6. The Morgan fingerprint density at radius 3 is 2.61 bits per heavy atom. The Kier molecular flexibility index (Phi) is 6.67. The van der Waals surface area contributed by atoms with Crippen molar-refractivity contribution in [2.45, 2.75) is 26.4 Å². The Morgan fingerprint density at radius 1 is 0.976 bits per heavy atom. The molecule has 1 aromatic carbocycles. The molecule has 0 aliphatic heterocycles. The number of hydrogen-bond donors (Lipinski definition) is 4. The van der Waals surface area contributed by atoms with E-state index in [4.69, 9.17) is 0 Å². The van der Waals surface area contributed by atoms with E-state index in [1.54, 1.807) is 36.9 Å². The number of aromatic amines is 2. The number of anilines is 1. The quantitative estimate of drug-likeness (QED) is 0.206. The van der Waals surface area contributed by atoms with Crippen molar-refractivity contribution in [3.05, 3.63) is 72.6 Å². The Balaban J connectivity index is 1.40. The van der Waals surface area contributed by atoms with Crippen LogP contribution in [0.15, 0.2) is 61.2 Å². The molecule has 0 aliphatic carbocycles. The van der Waals surface area contributed by atoms with E-state index in [0.717, 1.165) is 28.5 Å². The molecule has 6 rings (SSSR count). The maximum Gasteiger partial charge on any atom is 0.209 e. The van der Waals surface area contributed by atoms with Crippen LogP contribution in [0.1, 0.15) is 19.4 Å². The fraction of sp³-hybridized carbons (Fsp3) is 0.179. The van der Waals surface area contributed by atoms with E-state index in [-0.39, 0.29) is 12.6 Å². The van der Waals surface area contributed by atoms with Gasteiger partial charge in [-0.2, -0.15) is 5.10 Å². The van der Waals surface area contributed by atoms with Crippen molar-refractivity contribution >= 4 is 37.9 Å². The van der Waals surface area contributed by atoms with E-state index in [1.807, 2.05) is 12.1 Å². The highest BCUT2D eigenvalue weighted by Gasteiger charge is 2.17. The molecule has 41 heavy (non-hydrogen) atoms. The number of fused-ring (bicyclic) bond motifs is 2. The zero-order valence-electron chi connectivity index (χ0n) is 22.4. The minimum absolute atomic E-state index is 0.0343. The van der Waals surface area contributed by atoms with Crippen LogP contribution in [-0.2, 0) is 16.6 Å². The summed E-state index contributed by atoms with van der Waals surface area (Å²) in [5.41, 5.74) is 6.55. The number of benzene rings is 1. The number of sulfonamides is 1. The SMILES string of the molecule is CC(C)Nc1cncc(-c2cnc3n[nH]c(-c4nc5nccc(-c6cc(F)cc(CNS(C)(=O)=O)c6)c5[nH]4)c3c2)c1. The van der Waals surface area contributed by atoms with Gasteiger partial charge in [-0.05, 0) is 61.4 Å². The zero-order valence-corrected chi connectivity index (χ0v) is 23.2. The molecule has 0 saturated carbocycles. The number of hydrogen-bond acceptors (Lipinski definition) is 8. The minimum atomic E-state index is -3.43. The average Bonchev–Trinajstić information content (AvgIpc) is 3.54. The molecule has 0 amide bonds. The van der Waals surface area contributed by atoms with Crippen LogP contribution in [0.5, 0.6) is 0 Å². The van der Waals surface area contributed by atoms with Crippen LogP contribution in [0.2, 0.25) is 0 Å². The molecule has 4 N–H and O–H groups in total. The van der Waals surface area contributed by atoms with E-state index in [1.165, 1.54) is 12.1 Å². The molecule has 208 valence electrons. The van der Waals surface area contributed by atoms with Crippen LogP contribution in [0.25, 0.3) is 56.0 Å². The van der Waals surface area contributed by atoms with Crippen LogP contribution >= 0.6 is 0 Å². The number of aromatic nitrogens is 7. The van der Waals surface area contributed by atoms with Crippen LogP contribution in [0.4, 0.5) is 10.1 Å². The van der Waals surface area contributed by atoms with Crippen LogP contribution in [-0.4, -0.2) is 55.8 Å². The van der Waals surface area contributed by atoms with Gasteiger partial charge in [0.15, 0.2) is 17.1 Å². The van der Waals surface area contributed by atoms with E-state index in [2.05, 4.69) is 59.0 Å². The molecule has 0 unspecified atom stereocenters. The van der Waals surface area contributed by atoms with Crippen molar-refractivity contribution in [2.75, 3.05) is 11.6 Å². The van der Waals surface area contributed by atoms with E-state index < -0.39 is 15.8 Å². The first kappa shape index (κ1) is 26.5. The topological polar surface area (TPSA) is 154 Å². The van der Waals surface area contributed by atoms with Crippen molar-refractivity contribution in [3.8, 4) is 33.8 Å². The highest BCUT2D eigenvalue weighted by molar-refractivity contribution is 7.88. The average molecular weight is 572 g/mol. The minimum Gasteiger partial charge on any atom is -0.382 e. The zero-order chi connectivity index (χ0) is 28.7. The normalized spacial score (nSPS) is 12.0. The molecule has 5 aromatic heterocycles. The first-order valence-corrected chi connectivity index (χ1v) is 14.7. The highest BCUT2D eigenvalue weighted by atomic mass is 32.2. The summed E-state index contributed by atoms with van der Waals surface area (Å²) in [6.45, 7) is 4.09. The van der Waals surface area contributed by atoms with Gasteiger partial charge in [0.2, 0.25) is 10.0 Å². The molecule has 0 saturated heterocycles. The number of H-pyrrole nitrogens is 2. The molecule has 0 atom stereocenters. The maximum atomic E-state index is 14.6. The summed E-state index contributed by atoms with van der Waals surface area (Å²) in [5, 5.41) is 11.5. The van der Waals surface area contributed by atoms with Crippen molar-refractivity contribution in [1.82, 2.24) is 39.8 Å². The van der Waals surface area contributed by atoms with Crippen LogP contribution in [0.3, 0.4) is 0 Å². The van der Waals surface area contributed by atoms with Gasteiger partial charge in [0.05, 0.1) is 22.8 Å². The van der Waals surface area contributed by atoms with Gasteiger partial charge >= 0.3 is 0 Å². The fourth-order valence-electron chi connectivity index (χ4n) is 4.64. The molecule has 0 bridgehead atoms. The van der Waals surface area contributed by atoms with Gasteiger partial charge in [0.1, 0.15) is 11.5 Å². The van der Waals surface area contributed by atoms with Gasteiger partial charge < -0.3 is 10.3 Å². The number of rotatable bonds is 8. The third-order valence-corrected chi connectivity index (χ3v) is 7.04. The van der Waals surface area contributed by atoms with Crippen LogP contribution in [0, 0.1) is 5.82 Å². The second-order valence-corrected chi connectivity index (χ2v) is 11.9. The summed E-state index contributed by atoms with van der Waals surface area (Å²) < 4.78 is 40.0. The van der Waals surface area contributed by atoms with Gasteiger partial charge in [-0.3, -0.25) is 10.1 Å². The summed E-state index contributed by atoms with van der Waals surface area (Å²) in [5.74, 6) is 0.00272. The predicted molar refractivity (Wildman–Crippen MR) is 156 cm³/mol. The van der Waals surface area contributed by atoms with Crippen molar-refractivity contribution in [1.29, 1.82) is 0 Å². The number of pyridine rings is 3. The lowest BCUT2D eigenvalue weighted by Crippen LogP contribution is -2.21. The Hall–Kier alpha value is -4.75. The van der Waals surface area contributed by atoms with E-state index in [0.29, 0.717) is 45.0 Å². The molecule has 11 nitrogen and oxygen atoms in total. The smallest absolute Gasteiger partial charge is 0.209 e. The first-order valence-electron chi connectivity index (χ1n) is 12.8. The monoisotopic (exact) mass is 571 g/mol. The molecule has 0 fully saturated rings. The largest absolute Gasteiger partial charge is 0.382 e. The molecule has 13 heteroatoms. The highest BCUT2D eigenvalue weighted by Crippen LogP contribution is 2.32. The second kappa shape index (κ2) is 10.3. The second-order valence-electron chi connectivity index (χ2n) is 10.0. The third-order valence-electron chi connectivity index (χ3n) is 6.37. The number of nitrogens with one attached hydrogen (secondary N) is 4. The number of nitrogens with zero attached hydrogens (tertiary/aromatic N) is 5. The first-order chi connectivity index (χ1) is 19.6. The summed E-state index contributed by atoms with van der Waals surface area (Å²) in [7, 11) is -3.43. The molecule has 5 heterocycles. The van der Waals surface area contributed by atoms with Gasteiger partial charge in [-0.1, -0.05) is 0 Å². The Morgan fingerprint density at radius 2 is 1.80 bits per heavy atom. The summed E-state index contributed by atoms with van der Waals surface area (Å²) in [4.78, 5) is 21.3. The number of imidazole rings is 1. The fourth-order valence-corrected chi connectivity index (χ4v) is 5.07. The van der Waals surface area contributed by atoms with Gasteiger partial charge in [0, 0.05) is 54.1 Å². The molecule has 6 aromatic rings. The molecular formula is C28H26FN9O2S. The summed E-state index contributed by atoms with van der Waals surface area (Å²) in [6.07, 6.45) is 7.96.